The number of halogens is 2. The number of hydrogen-bond acceptors (Lipinski definition) is 4. The molecule has 23 heavy (non-hydrogen) atoms. The highest BCUT2D eigenvalue weighted by Crippen LogP contribution is 2.37. The van der Waals surface area contributed by atoms with Crippen LogP contribution < -0.4 is 10.5 Å². The standard InChI is InChI=1S/C17H17Cl2NO3/c1-2-22-15(21)10-4-11-3-9-14(17(19)16(11)18)23-13-7-5-12(20)6-8-13/h3,5-9H,2,4,10,20H2,1H3. The third kappa shape index (κ3) is 4.78. The van der Waals surface area contributed by atoms with Crippen molar-refractivity contribution in [1.82, 2.24) is 0 Å². The minimum Gasteiger partial charge on any atom is -0.466 e. The molecule has 0 amide bonds. The highest BCUT2D eigenvalue weighted by atomic mass is 35.5. The molecule has 0 bridgehead atoms. The van der Waals surface area contributed by atoms with Crippen molar-refractivity contribution in [3.05, 3.63) is 52.0 Å². The van der Waals surface area contributed by atoms with Gasteiger partial charge in [-0.2, -0.15) is 0 Å². The first kappa shape index (κ1) is 17.4. The zero-order valence-electron chi connectivity index (χ0n) is 12.6. The summed E-state index contributed by atoms with van der Waals surface area (Å²) in [5.41, 5.74) is 7.05. The molecule has 2 N–H and O–H groups in total. The van der Waals surface area contributed by atoms with Gasteiger partial charge in [0, 0.05) is 12.1 Å². The van der Waals surface area contributed by atoms with Gasteiger partial charge in [0.25, 0.3) is 0 Å². The van der Waals surface area contributed by atoms with E-state index in [2.05, 4.69) is 0 Å². The number of anilines is 1. The average molecular weight is 354 g/mol. The van der Waals surface area contributed by atoms with Crippen LogP contribution in [0.4, 0.5) is 5.69 Å². The van der Waals surface area contributed by atoms with Crippen LogP contribution in [0.5, 0.6) is 11.5 Å². The number of carbonyl (C=O) groups excluding carboxylic acids is 1. The lowest BCUT2D eigenvalue weighted by molar-refractivity contribution is -0.143. The van der Waals surface area contributed by atoms with Crippen LogP contribution in [0.1, 0.15) is 18.9 Å². The van der Waals surface area contributed by atoms with Crippen molar-refractivity contribution in [2.45, 2.75) is 19.8 Å². The van der Waals surface area contributed by atoms with Crippen LogP contribution in [0, 0.1) is 0 Å². The van der Waals surface area contributed by atoms with E-state index in [1.165, 1.54) is 0 Å². The number of nitrogens with two attached hydrogens (primary N) is 1. The van der Waals surface area contributed by atoms with Gasteiger partial charge in [-0.1, -0.05) is 29.3 Å². The summed E-state index contributed by atoms with van der Waals surface area (Å²) in [4.78, 5) is 11.4. The van der Waals surface area contributed by atoms with Crippen LogP contribution in [0.3, 0.4) is 0 Å². The lowest BCUT2D eigenvalue weighted by atomic mass is 10.1. The number of nitrogen functional groups attached to an aromatic ring is 1. The van der Waals surface area contributed by atoms with E-state index in [1.54, 1.807) is 43.3 Å². The molecule has 0 atom stereocenters. The molecular weight excluding hydrogens is 337 g/mol. The molecule has 2 aromatic carbocycles. The summed E-state index contributed by atoms with van der Waals surface area (Å²) in [5.74, 6) is 0.791. The van der Waals surface area contributed by atoms with Crippen molar-refractivity contribution in [1.29, 1.82) is 0 Å². The number of carbonyl (C=O) groups is 1. The van der Waals surface area contributed by atoms with E-state index in [0.717, 1.165) is 5.56 Å². The minimum atomic E-state index is -0.262. The molecule has 4 nitrogen and oxygen atoms in total. The molecule has 0 saturated heterocycles. The Bertz CT molecular complexity index is 687. The number of benzene rings is 2. The molecule has 0 heterocycles. The van der Waals surface area contributed by atoms with E-state index in [9.17, 15) is 4.79 Å². The zero-order chi connectivity index (χ0) is 16.8. The predicted molar refractivity (Wildman–Crippen MR) is 92.3 cm³/mol. The highest BCUT2D eigenvalue weighted by molar-refractivity contribution is 6.43. The average Bonchev–Trinajstić information content (AvgIpc) is 2.53. The van der Waals surface area contributed by atoms with Gasteiger partial charge in [0.05, 0.1) is 11.6 Å². The fourth-order valence-corrected chi connectivity index (χ4v) is 2.45. The maximum atomic E-state index is 11.4. The largest absolute Gasteiger partial charge is 0.466 e. The molecule has 0 aliphatic rings. The Morgan fingerprint density at radius 1 is 1.09 bits per heavy atom. The number of rotatable bonds is 6. The second-order valence-corrected chi connectivity index (χ2v) is 5.58. The van der Waals surface area contributed by atoms with Gasteiger partial charge in [0.15, 0.2) is 0 Å². The van der Waals surface area contributed by atoms with Crippen molar-refractivity contribution < 1.29 is 14.3 Å². The second-order valence-electron chi connectivity index (χ2n) is 4.83. The molecule has 0 fully saturated rings. The Kier molecular flexibility index (Phi) is 6.13. The summed E-state index contributed by atoms with van der Waals surface area (Å²) in [6, 6.07) is 10.5. The lowest BCUT2D eigenvalue weighted by Gasteiger charge is -2.12. The Morgan fingerprint density at radius 2 is 1.78 bits per heavy atom. The minimum absolute atomic E-state index is 0.252. The number of esters is 1. The van der Waals surface area contributed by atoms with Crippen molar-refractivity contribution in [2.24, 2.45) is 0 Å². The number of hydrogen-bond donors (Lipinski definition) is 1. The van der Waals surface area contributed by atoms with Gasteiger partial charge < -0.3 is 15.2 Å². The Labute approximate surface area is 145 Å². The summed E-state index contributed by atoms with van der Waals surface area (Å²) < 4.78 is 10.6. The van der Waals surface area contributed by atoms with E-state index in [0.29, 0.717) is 40.3 Å². The van der Waals surface area contributed by atoms with E-state index in [1.807, 2.05) is 0 Å². The molecule has 0 radical (unpaired) electrons. The fourth-order valence-electron chi connectivity index (χ4n) is 1.98. The van der Waals surface area contributed by atoms with Crippen LogP contribution >= 0.6 is 23.2 Å². The van der Waals surface area contributed by atoms with Crippen LogP contribution in [-0.2, 0) is 16.0 Å². The normalized spacial score (nSPS) is 10.4. The van der Waals surface area contributed by atoms with Crippen LogP contribution in [0.25, 0.3) is 0 Å². The van der Waals surface area contributed by atoms with Crippen molar-refractivity contribution in [3.63, 3.8) is 0 Å². The molecule has 0 aliphatic carbocycles. The van der Waals surface area contributed by atoms with Crippen LogP contribution in [0.15, 0.2) is 36.4 Å². The summed E-state index contributed by atoms with van der Waals surface area (Å²) in [7, 11) is 0. The quantitative estimate of drug-likeness (QED) is 0.594. The molecular formula is C17H17Cl2NO3. The molecule has 2 rings (SSSR count). The zero-order valence-corrected chi connectivity index (χ0v) is 14.2. The Hall–Kier alpha value is -1.91. The summed E-state index contributed by atoms with van der Waals surface area (Å²) in [6.07, 6.45) is 0.710. The first-order valence-corrected chi connectivity index (χ1v) is 7.92. The smallest absolute Gasteiger partial charge is 0.306 e. The molecule has 6 heteroatoms. The molecule has 2 aromatic rings. The van der Waals surface area contributed by atoms with E-state index >= 15 is 0 Å². The molecule has 0 unspecified atom stereocenters. The Morgan fingerprint density at radius 3 is 2.43 bits per heavy atom. The van der Waals surface area contributed by atoms with Gasteiger partial charge in [-0.3, -0.25) is 4.79 Å². The molecule has 0 aliphatic heterocycles. The highest BCUT2D eigenvalue weighted by Gasteiger charge is 2.13. The van der Waals surface area contributed by atoms with Gasteiger partial charge in [0.1, 0.15) is 16.5 Å². The SMILES string of the molecule is CCOC(=O)CCc1ccc(Oc2ccc(N)cc2)c(Cl)c1Cl. The molecule has 0 spiro atoms. The summed E-state index contributed by atoms with van der Waals surface area (Å²) >= 11 is 12.5. The van der Waals surface area contributed by atoms with Gasteiger partial charge in [-0.25, -0.2) is 0 Å². The molecule has 0 saturated carbocycles. The first-order chi connectivity index (χ1) is 11.0. The van der Waals surface area contributed by atoms with E-state index < -0.39 is 0 Å². The maximum Gasteiger partial charge on any atom is 0.306 e. The third-order valence-electron chi connectivity index (χ3n) is 3.14. The third-order valence-corrected chi connectivity index (χ3v) is 4.04. The molecule has 122 valence electrons. The van der Waals surface area contributed by atoms with Crippen molar-refractivity contribution in [3.8, 4) is 11.5 Å². The summed E-state index contributed by atoms with van der Waals surface area (Å²) in [5, 5.41) is 0.689. The van der Waals surface area contributed by atoms with Crippen LogP contribution in [0.2, 0.25) is 10.0 Å². The van der Waals surface area contributed by atoms with Gasteiger partial charge in [-0.05, 0) is 49.2 Å². The van der Waals surface area contributed by atoms with Crippen molar-refractivity contribution in [2.75, 3.05) is 12.3 Å². The lowest BCUT2D eigenvalue weighted by Crippen LogP contribution is -2.05. The fraction of sp³-hybridized carbons (Fsp3) is 0.235. The van der Waals surface area contributed by atoms with Crippen molar-refractivity contribution >= 4 is 34.9 Å². The van der Waals surface area contributed by atoms with Crippen LogP contribution in [-0.4, -0.2) is 12.6 Å². The van der Waals surface area contributed by atoms with E-state index in [4.69, 9.17) is 38.4 Å². The number of ether oxygens (including phenoxy) is 2. The monoisotopic (exact) mass is 353 g/mol. The number of aryl methyl sites for hydroxylation is 1. The topological polar surface area (TPSA) is 61.5 Å². The first-order valence-electron chi connectivity index (χ1n) is 7.17. The predicted octanol–water partition coefficient (Wildman–Crippen LogP) is 4.86. The molecule has 0 aromatic heterocycles. The van der Waals surface area contributed by atoms with Gasteiger partial charge >= 0.3 is 5.97 Å². The van der Waals surface area contributed by atoms with E-state index in [-0.39, 0.29) is 12.4 Å². The second kappa shape index (κ2) is 8.09. The summed E-state index contributed by atoms with van der Waals surface area (Å²) in [6.45, 7) is 2.13. The maximum absolute atomic E-state index is 11.4. The van der Waals surface area contributed by atoms with Gasteiger partial charge in [-0.15, -0.1) is 0 Å². The Balaban J connectivity index is 2.10. The van der Waals surface area contributed by atoms with Gasteiger partial charge in [0.2, 0.25) is 0 Å².